The molecule has 6 nitrogen and oxygen atoms in total. The number of halogens is 1. The van der Waals surface area contributed by atoms with Crippen LogP contribution in [0.25, 0.3) is 0 Å². The van der Waals surface area contributed by atoms with E-state index in [-0.39, 0.29) is 18.2 Å². The van der Waals surface area contributed by atoms with Crippen molar-refractivity contribution >= 4 is 51.7 Å². The van der Waals surface area contributed by atoms with Gasteiger partial charge < -0.3 is 10.1 Å². The van der Waals surface area contributed by atoms with Crippen molar-refractivity contribution in [2.45, 2.75) is 38.9 Å². The van der Waals surface area contributed by atoms with E-state index in [0.29, 0.717) is 34.7 Å². The number of benzene rings is 2. The maximum atomic E-state index is 12.9. The Balaban J connectivity index is 1.74. The van der Waals surface area contributed by atoms with Gasteiger partial charge in [-0.15, -0.1) is 0 Å². The van der Waals surface area contributed by atoms with Crippen LogP contribution in [0, 0.1) is 6.92 Å². The summed E-state index contributed by atoms with van der Waals surface area (Å²) in [7, 11) is 0. The molecule has 8 heteroatoms. The highest BCUT2D eigenvalue weighted by atomic mass is 35.5. The summed E-state index contributed by atoms with van der Waals surface area (Å²) in [4.78, 5) is 31.7. The number of aryl methyl sites for hydroxylation is 1. The van der Waals surface area contributed by atoms with E-state index >= 15 is 0 Å². The molecule has 1 unspecified atom stereocenters. The Hall–Kier alpha value is -2.51. The zero-order chi connectivity index (χ0) is 22.4. The van der Waals surface area contributed by atoms with Gasteiger partial charge in [0.25, 0.3) is 0 Å². The fourth-order valence-corrected chi connectivity index (χ4v) is 4.33. The van der Waals surface area contributed by atoms with Crippen molar-refractivity contribution in [2.75, 3.05) is 18.5 Å². The minimum Gasteiger partial charge on any atom is -0.494 e. The van der Waals surface area contributed by atoms with Crippen LogP contribution in [0.2, 0.25) is 5.02 Å². The largest absolute Gasteiger partial charge is 0.494 e. The fourth-order valence-electron chi connectivity index (χ4n) is 2.99. The van der Waals surface area contributed by atoms with Crippen molar-refractivity contribution in [3.63, 3.8) is 0 Å². The van der Waals surface area contributed by atoms with Gasteiger partial charge in [-0.25, -0.2) is 4.99 Å². The molecule has 1 atom stereocenters. The zero-order valence-corrected chi connectivity index (χ0v) is 19.4. The second-order valence-corrected chi connectivity index (χ2v) is 8.72. The highest BCUT2D eigenvalue weighted by molar-refractivity contribution is 8.15. The Morgan fingerprint density at radius 1 is 1.26 bits per heavy atom. The molecule has 0 radical (unpaired) electrons. The van der Waals surface area contributed by atoms with Gasteiger partial charge in [0.1, 0.15) is 11.0 Å². The van der Waals surface area contributed by atoms with Gasteiger partial charge in [-0.05, 0) is 62.2 Å². The molecule has 0 bridgehead atoms. The zero-order valence-electron chi connectivity index (χ0n) is 17.9. The summed E-state index contributed by atoms with van der Waals surface area (Å²) in [6.45, 7) is 6.98. The Bertz CT molecular complexity index is 979. The Labute approximate surface area is 192 Å². The van der Waals surface area contributed by atoms with Crippen LogP contribution in [-0.2, 0) is 9.59 Å². The van der Waals surface area contributed by atoms with Crippen LogP contribution in [0.3, 0.4) is 0 Å². The number of carbonyl (C=O) groups excluding carboxylic acids is 2. The van der Waals surface area contributed by atoms with Crippen LogP contribution < -0.4 is 10.1 Å². The van der Waals surface area contributed by atoms with E-state index in [2.05, 4.69) is 10.3 Å². The van der Waals surface area contributed by atoms with Crippen molar-refractivity contribution in [3.8, 4) is 5.75 Å². The number of amides is 2. The van der Waals surface area contributed by atoms with Gasteiger partial charge in [-0.3, -0.25) is 14.5 Å². The molecule has 164 valence electrons. The van der Waals surface area contributed by atoms with Gasteiger partial charge in [0.15, 0.2) is 5.17 Å². The summed E-state index contributed by atoms with van der Waals surface area (Å²) >= 11 is 7.50. The van der Waals surface area contributed by atoms with Crippen LogP contribution in [0.1, 0.15) is 32.3 Å². The molecule has 1 heterocycles. The average molecular weight is 460 g/mol. The monoisotopic (exact) mass is 459 g/mol. The van der Waals surface area contributed by atoms with Crippen molar-refractivity contribution in [3.05, 3.63) is 53.1 Å². The van der Waals surface area contributed by atoms with Gasteiger partial charge in [-0.2, -0.15) is 0 Å². The predicted octanol–water partition coefficient (Wildman–Crippen LogP) is 5.42. The molecule has 1 saturated heterocycles. The van der Waals surface area contributed by atoms with Gasteiger partial charge in [0.2, 0.25) is 11.8 Å². The Morgan fingerprint density at radius 2 is 2.00 bits per heavy atom. The summed E-state index contributed by atoms with van der Waals surface area (Å²) in [6, 6.07) is 12.7. The number of nitrogens with zero attached hydrogens (tertiary/aromatic N) is 2. The molecule has 1 aliphatic rings. The standard InChI is InChI=1S/C23H26ClN3O3S/c1-4-12-30-18-10-8-16(9-11-18)25-22(29)20-14-21(28)27(5-2)23(31-20)26-17-7-6-15(3)19(24)13-17/h6-11,13,20H,4-5,12,14H2,1-3H3,(H,25,29). The van der Waals surface area contributed by atoms with E-state index in [4.69, 9.17) is 16.3 Å². The summed E-state index contributed by atoms with van der Waals surface area (Å²) < 4.78 is 5.56. The molecule has 2 amide bonds. The summed E-state index contributed by atoms with van der Waals surface area (Å²) in [5.74, 6) is 0.402. The second-order valence-electron chi connectivity index (χ2n) is 7.14. The van der Waals surface area contributed by atoms with Crippen LogP contribution in [0.4, 0.5) is 11.4 Å². The van der Waals surface area contributed by atoms with Crippen molar-refractivity contribution in [1.82, 2.24) is 4.90 Å². The molecule has 2 aromatic carbocycles. The first-order valence-corrected chi connectivity index (χ1v) is 11.5. The topological polar surface area (TPSA) is 71.0 Å². The SMILES string of the molecule is CCCOc1ccc(NC(=O)C2CC(=O)N(CC)C(=Nc3ccc(C)c(Cl)c3)S2)cc1. The lowest BCUT2D eigenvalue weighted by Crippen LogP contribution is -2.45. The third-order valence-corrected chi connectivity index (χ3v) is 6.32. The molecule has 3 rings (SSSR count). The first kappa shape index (κ1) is 23.2. The maximum absolute atomic E-state index is 12.9. The molecule has 0 spiro atoms. The van der Waals surface area contributed by atoms with Gasteiger partial charge in [0, 0.05) is 23.7 Å². The molecule has 1 aliphatic heterocycles. The molecule has 1 fully saturated rings. The smallest absolute Gasteiger partial charge is 0.238 e. The summed E-state index contributed by atoms with van der Waals surface area (Å²) in [5, 5.41) is 3.43. The molecular weight excluding hydrogens is 434 g/mol. The minimum atomic E-state index is -0.564. The van der Waals surface area contributed by atoms with Gasteiger partial charge in [0.05, 0.1) is 12.3 Å². The summed E-state index contributed by atoms with van der Waals surface area (Å²) in [5.41, 5.74) is 2.26. The number of thioether (sulfide) groups is 1. The lowest BCUT2D eigenvalue weighted by molar-refractivity contribution is -0.129. The quantitative estimate of drug-likeness (QED) is 0.600. The first-order chi connectivity index (χ1) is 14.9. The second kappa shape index (κ2) is 10.7. The van der Waals surface area contributed by atoms with Crippen molar-refractivity contribution < 1.29 is 14.3 Å². The van der Waals surface area contributed by atoms with E-state index in [1.807, 2.05) is 45.0 Å². The number of rotatable bonds is 7. The third-order valence-electron chi connectivity index (χ3n) is 4.72. The number of ether oxygens (including phenoxy) is 1. The predicted molar refractivity (Wildman–Crippen MR) is 128 cm³/mol. The summed E-state index contributed by atoms with van der Waals surface area (Å²) in [6.07, 6.45) is 1.05. The molecule has 2 aromatic rings. The number of carbonyl (C=O) groups is 2. The third kappa shape index (κ3) is 6.02. The van der Waals surface area contributed by atoms with E-state index < -0.39 is 5.25 Å². The lowest BCUT2D eigenvalue weighted by atomic mass is 10.2. The van der Waals surface area contributed by atoms with Crippen LogP contribution in [0.15, 0.2) is 47.5 Å². The van der Waals surface area contributed by atoms with Crippen LogP contribution in [0.5, 0.6) is 5.75 Å². The van der Waals surface area contributed by atoms with E-state index in [1.54, 1.807) is 23.1 Å². The number of hydrogen-bond acceptors (Lipinski definition) is 5. The highest BCUT2D eigenvalue weighted by Crippen LogP contribution is 2.31. The van der Waals surface area contributed by atoms with Crippen LogP contribution in [-0.4, -0.2) is 40.3 Å². The highest BCUT2D eigenvalue weighted by Gasteiger charge is 2.35. The fraction of sp³-hybridized carbons (Fsp3) is 0.348. The number of amidine groups is 1. The number of hydrogen-bond donors (Lipinski definition) is 1. The first-order valence-electron chi connectivity index (χ1n) is 10.3. The van der Waals surface area contributed by atoms with Crippen molar-refractivity contribution in [1.29, 1.82) is 0 Å². The van der Waals surface area contributed by atoms with Gasteiger partial charge in [-0.1, -0.05) is 36.4 Å². The Morgan fingerprint density at radius 3 is 2.65 bits per heavy atom. The Kier molecular flexibility index (Phi) is 7.98. The molecule has 31 heavy (non-hydrogen) atoms. The number of aliphatic imine (C=N–C) groups is 1. The molecule has 0 aromatic heterocycles. The van der Waals surface area contributed by atoms with Crippen molar-refractivity contribution in [2.24, 2.45) is 4.99 Å². The molecule has 0 saturated carbocycles. The van der Waals surface area contributed by atoms with E-state index in [0.717, 1.165) is 17.7 Å². The average Bonchev–Trinajstić information content (AvgIpc) is 2.75. The lowest BCUT2D eigenvalue weighted by Gasteiger charge is -2.31. The van der Waals surface area contributed by atoms with E-state index in [1.165, 1.54) is 11.8 Å². The minimum absolute atomic E-state index is 0.121. The molecular formula is C23H26ClN3O3S. The molecule has 0 aliphatic carbocycles. The van der Waals surface area contributed by atoms with Crippen LogP contribution >= 0.6 is 23.4 Å². The van der Waals surface area contributed by atoms with E-state index in [9.17, 15) is 9.59 Å². The normalized spacial score (nSPS) is 17.7. The molecule has 1 N–H and O–H groups in total. The maximum Gasteiger partial charge on any atom is 0.238 e. The van der Waals surface area contributed by atoms with Gasteiger partial charge >= 0.3 is 0 Å². The number of anilines is 1. The number of nitrogens with one attached hydrogen (secondary N) is 1.